The smallest absolute Gasteiger partial charge is 0.273 e. The lowest BCUT2D eigenvalue weighted by Crippen LogP contribution is -2.23. The molecule has 0 atom stereocenters. The topological polar surface area (TPSA) is 111 Å². The van der Waals surface area contributed by atoms with Crippen molar-refractivity contribution in [1.29, 1.82) is 0 Å². The third-order valence-electron chi connectivity index (χ3n) is 4.12. The maximum Gasteiger partial charge on any atom is 0.273 e. The first-order valence-corrected chi connectivity index (χ1v) is 9.03. The minimum Gasteiger partial charge on any atom is -0.497 e. The van der Waals surface area contributed by atoms with Crippen molar-refractivity contribution >= 4 is 17.5 Å². The molecule has 0 aliphatic heterocycles. The van der Waals surface area contributed by atoms with Crippen molar-refractivity contribution in [3.05, 3.63) is 71.3 Å². The van der Waals surface area contributed by atoms with Crippen molar-refractivity contribution in [3.8, 4) is 22.8 Å². The van der Waals surface area contributed by atoms with E-state index in [9.17, 15) is 4.79 Å². The number of aromatic nitrogens is 6. The summed E-state index contributed by atoms with van der Waals surface area (Å²) in [7, 11) is 1.61. The SMILES string of the molecule is COc1ccc(-c2n[nH]c(CNC(=O)c3cn(-c4ccccc4Cl)nn3)n2)cc1. The van der Waals surface area contributed by atoms with Crippen molar-refractivity contribution in [2.75, 3.05) is 7.11 Å². The van der Waals surface area contributed by atoms with Crippen LogP contribution in [0.5, 0.6) is 5.75 Å². The molecule has 2 aromatic carbocycles. The van der Waals surface area contributed by atoms with E-state index < -0.39 is 0 Å². The fourth-order valence-corrected chi connectivity index (χ4v) is 2.84. The Morgan fingerprint density at radius 1 is 1.21 bits per heavy atom. The standard InChI is InChI=1S/C19H16ClN7O2/c1-29-13-8-6-12(7-9-13)18-22-17(24-25-18)10-21-19(28)15-11-27(26-23-15)16-5-3-2-4-14(16)20/h2-9,11H,10H2,1H3,(H,21,28)(H,22,24,25). The van der Waals surface area contributed by atoms with Gasteiger partial charge in [0, 0.05) is 5.56 Å². The van der Waals surface area contributed by atoms with E-state index in [4.69, 9.17) is 16.3 Å². The number of H-pyrrole nitrogens is 1. The normalized spacial score (nSPS) is 10.7. The van der Waals surface area contributed by atoms with Crippen molar-refractivity contribution in [2.24, 2.45) is 0 Å². The van der Waals surface area contributed by atoms with Crippen LogP contribution in [-0.2, 0) is 6.54 Å². The van der Waals surface area contributed by atoms with Crippen molar-refractivity contribution in [1.82, 2.24) is 35.5 Å². The van der Waals surface area contributed by atoms with E-state index in [1.54, 1.807) is 19.2 Å². The van der Waals surface area contributed by atoms with Gasteiger partial charge in [0.15, 0.2) is 11.5 Å². The molecule has 9 nitrogen and oxygen atoms in total. The lowest BCUT2D eigenvalue weighted by Gasteiger charge is -2.01. The maximum atomic E-state index is 12.4. The first-order valence-electron chi connectivity index (χ1n) is 8.65. The molecule has 10 heteroatoms. The van der Waals surface area contributed by atoms with Gasteiger partial charge >= 0.3 is 0 Å². The summed E-state index contributed by atoms with van der Waals surface area (Å²) in [6.07, 6.45) is 1.51. The summed E-state index contributed by atoms with van der Waals surface area (Å²) < 4.78 is 6.59. The molecule has 0 aliphatic carbocycles. The van der Waals surface area contributed by atoms with Gasteiger partial charge in [0.2, 0.25) is 0 Å². The Labute approximate surface area is 170 Å². The molecule has 0 spiro atoms. The lowest BCUT2D eigenvalue weighted by molar-refractivity contribution is 0.0945. The van der Waals surface area contributed by atoms with Crippen molar-refractivity contribution in [2.45, 2.75) is 6.54 Å². The summed E-state index contributed by atoms with van der Waals surface area (Å²) in [6.45, 7) is 0.168. The van der Waals surface area contributed by atoms with Gasteiger partial charge in [-0.15, -0.1) is 5.10 Å². The quantitative estimate of drug-likeness (QED) is 0.506. The third-order valence-corrected chi connectivity index (χ3v) is 4.44. The molecule has 29 heavy (non-hydrogen) atoms. The molecule has 2 aromatic heterocycles. The Hall–Kier alpha value is -3.72. The Morgan fingerprint density at radius 3 is 2.76 bits per heavy atom. The Balaban J connectivity index is 1.40. The van der Waals surface area contributed by atoms with Gasteiger partial charge in [-0.25, -0.2) is 9.67 Å². The molecule has 0 saturated carbocycles. The number of hydrogen-bond acceptors (Lipinski definition) is 6. The first-order chi connectivity index (χ1) is 14.1. The second-order valence-electron chi connectivity index (χ2n) is 6.02. The fourth-order valence-electron chi connectivity index (χ4n) is 2.62. The second kappa shape index (κ2) is 8.11. The van der Waals surface area contributed by atoms with Crippen LogP contribution >= 0.6 is 11.6 Å². The summed E-state index contributed by atoms with van der Waals surface area (Å²) in [6, 6.07) is 14.5. The summed E-state index contributed by atoms with van der Waals surface area (Å²) in [5, 5.41) is 18.1. The molecular weight excluding hydrogens is 394 g/mol. The van der Waals surface area contributed by atoms with E-state index in [0.717, 1.165) is 11.3 Å². The summed E-state index contributed by atoms with van der Waals surface area (Å²) >= 11 is 6.14. The molecule has 0 bridgehead atoms. The minimum absolute atomic E-state index is 0.166. The predicted octanol–water partition coefficient (Wildman–Crippen LogP) is 2.64. The predicted molar refractivity (Wildman–Crippen MR) is 106 cm³/mol. The molecule has 1 amide bonds. The number of nitrogens with zero attached hydrogens (tertiary/aromatic N) is 5. The van der Waals surface area contributed by atoms with Gasteiger partial charge in [-0.2, -0.15) is 5.10 Å². The number of para-hydroxylation sites is 1. The van der Waals surface area contributed by atoms with Crippen LogP contribution in [0.15, 0.2) is 54.7 Å². The molecule has 0 aliphatic rings. The number of methoxy groups -OCH3 is 1. The number of halogens is 1. The zero-order valence-electron chi connectivity index (χ0n) is 15.3. The number of aromatic amines is 1. The van der Waals surface area contributed by atoms with Gasteiger partial charge in [0.25, 0.3) is 5.91 Å². The van der Waals surface area contributed by atoms with Crippen LogP contribution in [0.1, 0.15) is 16.3 Å². The highest BCUT2D eigenvalue weighted by atomic mass is 35.5. The highest BCUT2D eigenvalue weighted by Crippen LogP contribution is 2.20. The zero-order valence-corrected chi connectivity index (χ0v) is 16.1. The molecule has 0 radical (unpaired) electrons. The largest absolute Gasteiger partial charge is 0.497 e. The van der Waals surface area contributed by atoms with Gasteiger partial charge < -0.3 is 10.1 Å². The van der Waals surface area contributed by atoms with Crippen LogP contribution in [-0.4, -0.2) is 43.2 Å². The lowest BCUT2D eigenvalue weighted by atomic mass is 10.2. The van der Waals surface area contributed by atoms with Gasteiger partial charge in [-0.3, -0.25) is 9.89 Å². The number of ether oxygens (including phenoxy) is 1. The number of amides is 1. The second-order valence-corrected chi connectivity index (χ2v) is 6.42. The van der Waals surface area contributed by atoms with E-state index in [2.05, 4.69) is 30.8 Å². The summed E-state index contributed by atoms with van der Waals surface area (Å²) in [4.78, 5) is 16.7. The number of carbonyl (C=O) groups is 1. The average molecular weight is 410 g/mol. The van der Waals surface area contributed by atoms with E-state index >= 15 is 0 Å². The number of carbonyl (C=O) groups excluding carboxylic acids is 1. The van der Waals surface area contributed by atoms with Gasteiger partial charge in [0.05, 0.1) is 30.6 Å². The summed E-state index contributed by atoms with van der Waals surface area (Å²) in [5.74, 6) is 1.41. The molecule has 4 aromatic rings. The molecular formula is C19H16ClN7O2. The molecule has 0 unspecified atom stereocenters. The first kappa shape index (κ1) is 18.6. The summed E-state index contributed by atoms with van der Waals surface area (Å²) in [5.41, 5.74) is 1.64. The van der Waals surface area contributed by atoms with Crippen LogP contribution < -0.4 is 10.1 Å². The van der Waals surface area contributed by atoms with E-state index in [1.807, 2.05) is 36.4 Å². The number of benzene rings is 2. The van der Waals surface area contributed by atoms with Crippen LogP contribution in [0.2, 0.25) is 5.02 Å². The zero-order chi connectivity index (χ0) is 20.2. The van der Waals surface area contributed by atoms with Crippen LogP contribution in [0.4, 0.5) is 0 Å². The Bertz CT molecular complexity index is 1140. The molecule has 4 rings (SSSR count). The molecule has 2 heterocycles. The minimum atomic E-state index is -0.384. The van der Waals surface area contributed by atoms with Gasteiger partial charge in [0.1, 0.15) is 11.6 Å². The highest BCUT2D eigenvalue weighted by Gasteiger charge is 2.14. The van der Waals surface area contributed by atoms with Gasteiger partial charge in [-0.05, 0) is 36.4 Å². The van der Waals surface area contributed by atoms with Crippen LogP contribution in [0.3, 0.4) is 0 Å². The van der Waals surface area contributed by atoms with Crippen molar-refractivity contribution < 1.29 is 9.53 Å². The van der Waals surface area contributed by atoms with E-state index in [0.29, 0.717) is 22.4 Å². The molecule has 0 saturated heterocycles. The monoisotopic (exact) mass is 409 g/mol. The Kier molecular flexibility index (Phi) is 5.21. The maximum absolute atomic E-state index is 12.4. The highest BCUT2D eigenvalue weighted by molar-refractivity contribution is 6.32. The van der Waals surface area contributed by atoms with Gasteiger partial charge in [-0.1, -0.05) is 28.9 Å². The Morgan fingerprint density at radius 2 is 2.00 bits per heavy atom. The number of nitrogens with one attached hydrogen (secondary N) is 2. The fraction of sp³-hybridized carbons (Fsp3) is 0.105. The average Bonchev–Trinajstić information content (AvgIpc) is 3.42. The van der Waals surface area contributed by atoms with Crippen LogP contribution in [0.25, 0.3) is 17.1 Å². The molecule has 146 valence electrons. The third kappa shape index (κ3) is 4.09. The molecule has 0 fully saturated rings. The number of hydrogen-bond donors (Lipinski definition) is 2. The van der Waals surface area contributed by atoms with E-state index in [-0.39, 0.29) is 18.1 Å². The van der Waals surface area contributed by atoms with Crippen LogP contribution in [0, 0.1) is 0 Å². The number of rotatable bonds is 6. The molecule has 2 N–H and O–H groups in total. The van der Waals surface area contributed by atoms with E-state index in [1.165, 1.54) is 10.9 Å². The van der Waals surface area contributed by atoms with Crippen molar-refractivity contribution in [3.63, 3.8) is 0 Å².